The van der Waals surface area contributed by atoms with E-state index >= 15 is 0 Å². The van der Waals surface area contributed by atoms with Crippen LogP contribution in [0.2, 0.25) is 0 Å². The van der Waals surface area contributed by atoms with E-state index in [1.807, 2.05) is 0 Å². The van der Waals surface area contributed by atoms with Crippen molar-refractivity contribution in [2.24, 2.45) is 0 Å². The molecule has 0 spiro atoms. The van der Waals surface area contributed by atoms with Crippen LogP contribution in [0, 0.1) is 0 Å². The van der Waals surface area contributed by atoms with Crippen molar-refractivity contribution in [2.75, 3.05) is 0 Å². The highest BCUT2D eigenvalue weighted by molar-refractivity contribution is 6.26. The Kier molecular flexibility index (Phi) is 6.08. The molecular formula is C51H34O. The van der Waals surface area contributed by atoms with Gasteiger partial charge in [-0.25, -0.2) is 0 Å². The molecule has 0 saturated carbocycles. The van der Waals surface area contributed by atoms with Gasteiger partial charge in [-0.3, -0.25) is 0 Å². The summed E-state index contributed by atoms with van der Waals surface area (Å²) >= 11 is 0. The summed E-state index contributed by atoms with van der Waals surface area (Å²) in [5.74, 6) is 0. The lowest BCUT2D eigenvalue weighted by Gasteiger charge is -2.22. The molecule has 11 rings (SSSR count). The molecule has 0 atom stereocenters. The van der Waals surface area contributed by atoms with Crippen molar-refractivity contribution in [1.82, 2.24) is 0 Å². The maximum absolute atomic E-state index is 6.89. The third-order valence-electron chi connectivity index (χ3n) is 11.7. The van der Waals surface area contributed by atoms with Gasteiger partial charge in [0.15, 0.2) is 0 Å². The molecule has 0 N–H and O–H groups in total. The Morgan fingerprint density at radius 2 is 0.942 bits per heavy atom. The molecule has 0 amide bonds. The first-order valence-electron chi connectivity index (χ1n) is 18.2. The van der Waals surface area contributed by atoms with Crippen molar-refractivity contribution in [1.29, 1.82) is 0 Å². The highest BCUT2D eigenvalue weighted by atomic mass is 16.3. The van der Waals surface area contributed by atoms with E-state index in [1.54, 1.807) is 0 Å². The maximum Gasteiger partial charge on any atom is 0.143 e. The molecule has 244 valence electrons. The van der Waals surface area contributed by atoms with E-state index in [0.29, 0.717) is 0 Å². The van der Waals surface area contributed by atoms with Crippen LogP contribution < -0.4 is 0 Å². The second-order valence-electron chi connectivity index (χ2n) is 14.8. The summed E-state index contributed by atoms with van der Waals surface area (Å²) in [5, 5.41) is 9.76. The Bertz CT molecular complexity index is 3040. The summed E-state index contributed by atoms with van der Waals surface area (Å²) in [7, 11) is 0. The fraction of sp³-hybridized carbons (Fsp3) is 0.0588. The predicted molar refractivity (Wildman–Crippen MR) is 220 cm³/mol. The highest BCUT2D eigenvalue weighted by Crippen LogP contribution is 2.52. The Morgan fingerprint density at radius 3 is 1.71 bits per heavy atom. The Hall–Kier alpha value is -6.44. The SMILES string of the molecule is CC1(C)c2ccccc2-c2ccc(-c3ccc(-c4c5ccccc5c(-c5ccc6ccccc6c5)c5ccccc45)c4c3oc3ccccc34)cc21. The number of furan rings is 1. The van der Waals surface area contributed by atoms with E-state index in [2.05, 4.69) is 184 Å². The maximum atomic E-state index is 6.89. The van der Waals surface area contributed by atoms with E-state index < -0.39 is 0 Å². The van der Waals surface area contributed by atoms with Crippen molar-refractivity contribution < 1.29 is 4.42 Å². The van der Waals surface area contributed by atoms with Crippen molar-refractivity contribution in [3.05, 3.63) is 181 Å². The summed E-state index contributed by atoms with van der Waals surface area (Å²) < 4.78 is 6.89. The van der Waals surface area contributed by atoms with Crippen LogP contribution in [0.1, 0.15) is 25.0 Å². The lowest BCUT2D eigenvalue weighted by atomic mass is 9.81. The minimum absolute atomic E-state index is 0.0838. The van der Waals surface area contributed by atoms with Gasteiger partial charge in [0.1, 0.15) is 11.2 Å². The molecule has 10 aromatic rings. The second-order valence-corrected chi connectivity index (χ2v) is 14.8. The number of para-hydroxylation sites is 1. The van der Waals surface area contributed by atoms with E-state index in [-0.39, 0.29) is 5.41 Å². The quantitative estimate of drug-likeness (QED) is 0.172. The van der Waals surface area contributed by atoms with Crippen LogP contribution in [0.3, 0.4) is 0 Å². The van der Waals surface area contributed by atoms with Crippen LogP contribution in [0.5, 0.6) is 0 Å². The van der Waals surface area contributed by atoms with Crippen molar-refractivity contribution in [3.63, 3.8) is 0 Å². The summed E-state index contributed by atoms with van der Waals surface area (Å²) in [6.07, 6.45) is 0. The summed E-state index contributed by atoms with van der Waals surface area (Å²) in [5.41, 5.74) is 14.4. The Labute approximate surface area is 302 Å². The highest BCUT2D eigenvalue weighted by Gasteiger charge is 2.35. The number of benzene rings is 9. The zero-order chi connectivity index (χ0) is 34.6. The lowest BCUT2D eigenvalue weighted by Crippen LogP contribution is -2.14. The molecule has 1 aliphatic rings. The van der Waals surface area contributed by atoms with E-state index in [9.17, 15) is 0 Å². The van der Waals surface area contributed by atoms with Crippen LogP contribution >= 0.6 is 0 Å². The summed E-state index contributed by atoms with van der Waals surface area (Å²) in [6.45, 7) is 4.69. The minimum atomic E-state index is -0.0838. The van der Waals surface area contributed by atoms with Crippen molar-refractivity contribution in [2.45, 2.75) is 19.3 Å². The molecule has 1 heterocycles. The standard InChI is InChI=1S/C51H34O/c1-51(2)44-21-11-9-15-36(44)37-26-25-33(30-45(37)51)35-27-28-43(49-42-20-10-12-22-46(42)52-50(35)49)48-40-18-7-5-16-38(40)47(39-17-6-8-19-41(39)48)34-24-23-31-13-3-4-14-32(31)29-34/h3-30H,1-2H3. The Morgan fingerprint density at radius 1 is 0.385 bits per heavy atom. The van der Waals surface area contributed by atoms with Crippen molar-refractivity contribution >= 4 is 54.3 Å². The molecular weight excluding hydrogens is 629 g/mol. The molecule has 9 aromatic carbocycles. The predicted octanol–water partition coefficient (Wildman–Crippen LogP) is 14.4. The van der Waals surface area contributed by atoms with Gasteiger partial charge in [0.2, 0.25) is 0 Å². The summed E-state index contributed by atoms with van der Waals surface area (Å²) in [6, 6.07) is 62.4. The first-order valence-corrected chi connectivity index (χ1v) is 18.2. The molecule has 0 bridgehead atoms. The van der Waals surface area contributed by atoms with Gasteiger partial charge in [-0.2, -0.15) is 0 Å². The molecule has 1 aliphatic carbocycles. The van der Waals surface area contributed by atoms with E-state index in [0.717, 1.165) is 27.5 Å². The largest absolute Gasteiger partial charge is 0.455 e. The number of hydrogen-bond donors (Lipinski definition) is 0. The van der Waals surface area contributed by atoms with Gasteiger partial charge in [0.05, 0.1) is 0 Å². The van der Waals surface area contributed by atoms with E-state index in [4.69, 9.17) is 4.42 Å². The Balaban J connectivity index is 1.20. The molecule has 0 saturated heterocycles. The first-order chi connectivity index (χ1) is 25.6. The average molecular weight is 663 g/mol. The van der Waals surface area contributed by atoms with Gasteiger partial charge in [-0.15, -0.1) is 0 Å². The van der Waals surface area contributed by atoms with Gasteiger partial charge < -0.3 is 4.42 Å². The molecule has 0 radical (unpaired) electrons. The van der Waals surface area contributed by atoms with Gasteiger partial charge >= 0.3 is 0 Å². The lowest BCUT2D eigenvalue weighted by molar-refractivity contribution is 0.660. The fourth-order valence-electron chi connectivity index (χ4n) is 9.21. The second kappa shape index (κ2) is 10.8. The number of rotatable bonds is 3. The van der Waals surface area contributed by atoms with Crippen LogP contribution in [-0.2, 0) is 5.41 Å². The molecule has 0 fully saturated rings. The topological polar surface area (TPSA) is 13.1 Å². The third-order valence-corrected chi connectivity index (χ3v) is 11.7. The molecule has 1 nitrogen and oxygen atoms in total. The van der Waals surface area contributed by atoms with E-state index in [1.165, 1.54) is 82.4 Å². The van der Waals surface area contributed by atoms with Gasteiger partial charge in [0, 0.05) is 21.8 Å². The van der Waals surface area contributed by atoms with Gasteiger partial charge in [-0.05, 0) is 107 Å². The minimum Gasteiger partial charge on any atom is -0.455 e. The monoisotopic (exact) mass is 662 g/mol. The van der Waals surface area contributed by atoms with Crippen LogP contribution in [0.25, 0.3) is 98.8 Å². The molecule has 1 heteroatoms. The third kappa shape index (κ3) is 4.05. The number of hydrogen-bond acceptors (Lipinski definition) is 1. The molecule has 0 unspecified atom stereocenters. The first kappa shape index (κ1) is 29.3. The zero-order valence-electron chi connectivity index (χ0n) is 29.1. The van der Waals surface area contributed by atoms with Gasteiger partial charge in [-0.1, -0.05) is 159 Å². The zero-order valence-corrected chi connectivity index (χ0v) is 29.1. The normalized spacial score (nSPS) is 13.3. The van der Waals surface area contributed by atoms with Crippen LogP contribution in [-0.4, -0.2) is 0 Å². The average Bonchev–Trinajstić information content (AvgIpc) is 3.69. The molecule has 0 aliphatic heterocycles. The van der Waals surface area contributed by atoms with Crippen molar-refractivity contribution in [3.8, 4) is 44.5 Å². The van der Waals surface area contributed by atoms with Gasteiger partial charge in [0.25, 0.3) is 0 Å². The molecule has 52 heavy (non-hydrogen) atoms. The summed E-state index contributed by atoms with van der Waals surface area (Å²) in [4.78, 5) is 0. The molecule has 1 aromatic heterocycles. The van der Waals surface area contributed by atoms with Crippen LogP contribution in [0.4, 0.5) is 0 Å². The number of fused-ring (bicyclic) bond motifs is 9. The smallest absolute Gasteiger partial charge is 0.143 e. The van der Waals surface area contributed by atoms with Crippen LogP contribution in [0.15, 0.2) is 174 Å². The fourth-order valence-corrected chi connectivity index (χ4v) is 9.21.